The Bertz CT molecular complexity index is 760. The van der Waals surface area contributed by atoms with Crippen molar-refractivity contribution in [2.75, 3.05) is 5.32 Å². The molecule has 4 atom stereocenters. The quantitative estimate of drug-likeness (QED) is 0.717. The topological polar surface area (TPSA) is 97.0 Å². The monoisotopic (exact) mass is 370 g/mol. The van der Waals surface area contributed by atoms with Gasteiger partial charge in [-0.2, -0.15) is 13.8 Å². The number of rotatable bonds is 6. The standard InChI is InChI=1S/C15H17F3N6O2/c16-14-8-2-1-7(20-8)3-9(14)25-13-6-19-5-11(22-13)21-10-4-12(24-23-10)26-15(17)18/h4-9,14-15,20H,1-3H2,(H2,21,22,23,24)/t7-,8+,9-,14+/m0/s1. The molecular weight excluding hydrogens is 353 g/mol. The lowest BCUT2D eigenvalue weighted by Crippen LogP contribution is -2.51. The maximum Gasteiger partial charge on any atom is 0.388 e. The van der Waals surface area contributed by atoms with Gasteiger partial charge in [-0.3, -0.25) is 10.1 Å². The zero-order valence-corrected chi connectivity index (χ0v) is 13.5. The smallest absolute Gasteiger partial charge is 0.388 e. The van der Waals surface area contributed by atoms with Crippen molar-refractivity contribution in [3.63, 3.8) is 0 Å². The molecule has 0 radical (unpaired) electrons. The number of piperidine rings is 1. The van der Waals surface area contributed by atoms with Crippen molar-refractivity contribution in [3.05, 3.63) is 18.5 Å². The van der Waals surface area contributed by atoms with Crippen molar-refractivity contribution in [2.24, 2.45) is 0 Å². The Labute approximate surface area is 146 Å². The summed E-state index contributed by atoms with van der Waals surface area (Å²) in [5.74, 6) is 0.512. The van der Waals surface area contributed by atoms with Gasteiger partial charge in [0.1, 0.15) is 11.9 Å². The van der Waals surface area contributed by atoms with Crippen molar-refractivity contribution in [1.82, 2.24) is 25.5 Å². The molecule has 0 aliphatic carbocycles. The van der Waals surface area contributed by atoms with Crippen LogP contribution in [-0.4, -0.2) is 51.1 Å². The minimum Gasteiger partial charge on any atom is -0.470 e. The number of hydrogen-bond donors (Lipinski definition) is 3. The molecule has 2 fully saturated rings. The molecule has 2 saturated heterocycles. The van der Waals surface area contributed by atoms with Crippen LogP contribution in [0.25, 0.3) is 0 Å². The van der Waals surface area contributed by atoms with Crippen LogP contribution in [0, 0.1) is 0 Å². The van der Waals surface area contributed by atoms with E-state index in [9.17, 15) is 13.2 Å². The lowest BCUT2D eigenvalue weighted by molar-refractivity contribution is -0.0528. The van der Waals surface area contributed by atoms with Crippen molar-refractivity contribution in [2.45, 2.75) is 50.2 Å². The summed E-state index contributed by atoms with van der Waals surface area (Å²) in [6.45, 7) is -2.96. The number of fused-ring (bicyclic) bond motifs is 2. The van der Waals surface area contributed by atoms with E-state index in [2.05, 4.69) is 35.5 Å². The highest BCUT2D eigenvalue weighted by Gasteiger charge is 2.43. The minimum absolute atomic E-state index is 0.175. The fourth-order valence-corrected chi connectivity index (χ4v) is 3.35. The van der Waals surface area contributed by atoms with Crippen LogP contribution in [0.2, 0.25) is 0 Å². The van der Waals surface area contributed by atoms with E-state index < -0.39 is 18.9 Å². The first-order valence-corrected chi connectivity index (χ1v) is 8.23. The number of aromatic nitrogens is 4. The van der Waals surface area contributed by atoms with Crippen LogP contribution in [0.3, 0.4) is 0 Å². The van der Waals surface area contributed by atoms with Gasteiger partial charge in [0.15, 0.2) is 12.0 Å². The van der Waals surface area contributed by atoms with Gasteiger partial charge in [-0.25, -0.2) is 4.39 Å². The third-order valence-corrected chi connectivity index (χ3v) is 4.44. The number of alkyl halides is 3. The maximum absolute atomic E-state index is 14.4. The minimum atomic E-state index is -2.96. The number of H-pyrrole nitrogens is 1. The molecule has 0 saturated carbocycles. The lowest BCUT2D eigenvalue weighted by atomic mass is 10.0. The van der Waals surface area contributed by atoms with E-state index in [1.165, 1.54) is 18.5 Å². The van der Waals surface area contributed by atoms with Gasteiger partial charge >= 0.3 is 6.61 Å². The van der Waals surface area contributed by atoms with E-state index in [0.29, 0.717) is 12.2 Å². The van der Waals surface area contributed by atoms with Crippen molar-refractivity contribution in [1.29, 1.82) is 0 Å². The van der Waals surface area contributed by atoms with E-state index in [4.69, 9.17) is 4.74 Å². The highest BCUT2D eigenvalue weighted by Crippen LogP contribution is 2.31. The predicted octanol–water partition coefficient (Wildman–Crippen LogP) is 2.15. The Kier molecular flexibility index (Phi) is 4.53. The summed E-state index contributed by atoms with van der Waals surface area (Å²) < 4.78 is 48.6. The van der Waals surface area contributed by atoms with E-state index >= 15 is 0 Å². The summed E-state index contributed by atoms with van der Waals surface area (Å²) in [7, 11) is 0. The van der Waals surface area contributed by atoms with Gasteiger partial charge in [-0.15, -0.1) is 5.10 Å². The maximum atomic E-state index is 14.4. The number of halogens is 3. The van der Waals surface area contributed by atoms with Crippen LogP contribution in [0.5, 0.6) is 11.8 Å². The van der Waals surface area contributed by atoms with E-state index in [0.717, 1.165) is 12.8 Å². The molecule has 140 valence electrons. The third-order valence-electron chi connectivity index (χ3n) is 4.44. The van der Waals surface area contributed by atoms with Crippen molar-refractivity contribution < 1.29 is 22.6 Å². The number of nitrogens with zero attached hydrogens (tertiary/aromatic N) is 3. The zero-order valence-electron chi connectivity index (χ0n) is 13.5. The van der Waals surface area contributed by atoms with Crippen molar-refractivity contribution >= 4 is 11.6 Å². The van der Waals surface area contributed by atoms with Crippen molar-refractivity contribution in [3.8, 4) is 11.8 Å². The van der Waals surface area contributed by atoms with Gasteiger partial charge in [0.2, 0.25) is 11.8 Å². The highest BCUT2D eigenvalue weighted by atomic mass is 19.3. The molecule has 2 aliphatic heterocycles. The Morgan fingerprint density at radius 3 is 2.96 bits per heavy atom. The number of ether oxygens (including phenoxy) is 2. The fourth-order valence-electron chi connectivity index (χ4n) is 3.35. The van der Waals surface area contributed by atoms with Crippen LogP contribution >= 0.6 is 0 Å². The molecule has 2 aliphatic rings. The molecule has 0 spiro atoms. The fraction of sp³-hybridized carbons (Fsp3) is 0.533. The van der Waals surface area contributed by atoms with Gasteiger partial charge in [0.25, 0.3) is 0 Å². The Morgan fingerprint density at radius 2 is 2.12 bits per heavy atom. The summed E-state index contributed by atoms with van der Waals surface area (Å²) in [5.41, 5.74) is 0. The van der Waals surface area contributed by atoms with Crippen LogP contribution < -0.4 is 20.1 Å². The Balaban J connectivity index is 1.41. The second-order valence-corrected chi connectivity index (χ2v) is 6.25. The molecule has 8 nitrogen and oxygen atoms in total. The summed E-state index contributed by atoms with van der Waals surface area (Å²) in [6, 6.07) is 1.35. The zero-order chi connectivity index (χ0) is 18.1. The van der Waals surface area contributed by atoms with E-state index in [1.54, 1.807) is 0 Å². The second-order valence-electron chi connectivity index (χ2n) is 6.25. The predicted molar refractivity (Wildman–Crippen MR) is 84.4 cm³/mol. The largest absolute Gasteiger partial charge is 0.470 e. The SMILES string of the molecule is FC(F)Oc1cc(Nc2cncc(O[C@H]3C[C@@H]4CC[C@@H](N4)[C@H]3F)n2)[nH]n1. The lowest BCUT2D eigenvalue weighted by Gasteiger charge is -2.32. The first kappa shape index (κ1) is 16.9. The van der Waals surface area contributed by atoms with Crippen LogP contribution in [-0.2, 0) is 0 Å². The molecule has 0 unspecified atom stereocenters. The van der Waals surface area contributed by atoms with E-state index in [-0.39, 0.29) is 29.7 Å². The first-order valence-electron chi connectivity index (χ1n) is 8.23. The second kappa shape index (κ2) is 6.98. The number of aromatic amines is 1. The average molecular weight is 370 g/mol. The third kappa shape index (κ3) is 3.66. The van der Waals surface area contributed by atoms with Gasteiger partial charge < -0.3 is 20.1 Å². The Hall–Kier alpha value is -2.56. The molecule has 2 aromatic heterocycles. The molecule has 2 aromatic rings. The molecule has 4 heterocycles. The first-order chi connectivity index (χ1) is 12.6. The van der Waals surface area contributed by atoms with Gasteiger partial charge in [-0.05, 0) is 12.8 Å². The molecular formula is C15H17F3N6O2. The van der Waals surface area contributed by atoms with Gasteiger partial charge in [0.05, 0.1) is 12.4 Å². The molecule has 11 heteroatoms. The van der Waals surface area contributed by atoms with Gasteiger partial charge in [-0.1, -0.05) is 0 Å². The van der Waals surface area contributed by atoms with Crippen LogP contribution in [0.15, 0.2) is 18.5 Å². The number of anilines is 2. The summed E-state index contributed by atoms with van der Waals surface area (Å²) in [6.07, 6.45) is 3.47. The molecule has 4 rings (SSSR count). The average Bonchev–Trinajstić information content (AvgIpc) is 3.20. The normalized spacial score (nSPS) is 27.5. The number of hydrogen-bond acceptors (Lipinski definition) is 7. The highest BCUT2D eigenvalue weighted by molar-refractivity contribution is 5.52. The molecule has 0 aromatic carbocycles. The summed E-state index contributed by atoms with van der Waals surface area (Å²) in [4.78, 5) is 8.22. The van der Waals surface area contributed by atoms with Gasteiger partial charge in [0, 0.05) is 24.6 Å². The van der Waals surface area contributed by atoms with Crippen LogP contribution in [0.1, 0.15) is 19.3 Å². The van der Waals surface area contributed by atoms with E-state index in [1.807, 2.05) is 0 Å². The number of nitrogens with one attached hydrogen (secondary N) is 3. The van der Waals surface area contributed by atoms with Crippen LogP contribution in [0.4, 0.5) is 24.8 Å². The molecule has 2 bridgehead atoms. The summed E-state index contributed by atoms with van der Waals surface area (Å²) >= 11 is 0. The Morgan fingerprint density at radius 1 is 1.23 bits per heavy atom. The summed E-state index contributed by atoms with van der Waals surface area (Å²) in [5, 5.41) is 12.1. The molecule has 0 amide bonds. The molecule has 26 heavy (non-hydrogen) atoms. The molecule has 3 N–H and O–H groups in total.